The van der Waals surface area contributed by atoms with Crippen LogP contribution >= 0.6 is 28.1 Å². The Kier molecular flexibility index (Phi) is 5.51. The van der Waals surface area contributed by atoms with Crippen molar-refractivity contribution in [3.63, 3.8) is 0 Å². The van der Waals surface area contributed by atoms with Gasteiger partial charge in [-0.2, -0.15) is 5.10 Å². The van der Waals surface area contributed by atoms with Crippen LogP contribution in [-0.4, -0.2) is 16.4 Å². The predicted octanol–water partition coefficient (Wildman–Crippen LogP) is 4.09. The van der Waals surface area contributed by atoms with Crippen molar-refractivity contribution in [2.45, 2.75) is 13.8 Å². The van der Waals surface area contributed by atoms with Crippen molar-refractivity contribution in [2.75, 3.05) is 5.32 Å². The molecule has 0 bridgehead atoms. The first-order valence-corrected chi connectivity index (χ1v) is 7.82. The van der Waals surface area contributed by atoms with Crippen LogP contribution < -0.4 is 10.7 Å². The number of hydrogen-bond donors (Lipinski definition) is 3. The molecule has 0 saturated carbocycles. The molecule has 2 aromatic rings. The molecule has 0 aliphatic carbocycles. The molecule has 0 atom stereocenters. The number of para-hydroxylation sites is 1. The summed E-state index contributed by atoms with van der Waals surface area (Å²) >= 11 is 8.57. The van der Waals surface area contributed by atoms with E-state index in [0.29, 0.717) is 10.7 Å². The summed E-state index contributed by atoms with van der Waals surface area (Å²) in [4.78, 5) is 0. The van der Waals surface area contributed by atoms with Crippen molar-refractivity contribution in [3.8, 4) is 5.75 Å². The van der Waals surface area contributed by atoms with Crippen LogP contribution in [0.25, 0.3) is 0 Å². The Hall–Kier alpha value is -1.92. The molecule has 0 fully saturated rings. The van der Waals surface area contributed by atoms with Gasteiger partial charge in [-0.25, -0.2) is 0 Å². The molecule has 6 heteroatoms. The minimum absolute atomic E-state index is 0.155. The molecule has 2 rings (SSSR count). The molecule has 0 spiro atoms. The number of phenols is 1. The van der Waals surface area contributed by atoms with E-state index in [1.807, 2.05) is 32.0 Å². The average Bonchev–Trinajstić information content (AvgIpc) is 2.47. The van der Waals surface area contributed by atoms with Crippen molar-refractivity contribution >= 4 is 45.2 Å². The molecule has 0 aliphatic heterocycles. The lowest BCUT2D eigenvalue weighted by molar-refractivity contribution is 0.474. The number of thiocarbonyl (C=S) groups is 1. The van der Waals surface area contributed by atoms with Gasteiger partial charge in [0, 0.05) is 15.7 Å². The summed E-state index contributed by atoms with van der Waals surface area (Å²) in [6, 6.07) is 11.1. The lowest BCUT2D eigenvalue weighted by Gasteiger charge is -2.12. The summed E-state index contributed by atoms with van der Waals surface area (Å²) in [5, 5.41) is 17.3. The van der Waals surface area contributed by atoms with Gasteiger partial charge in [-0.1, -0.05) is 34.1 Å². The van der Waals surface area contributed by atoms with Gasteiger partial charge < -0.3 is 10.4 Å². The highest BCUT2D eigenvalue weighted by molar-refractivity contribution is 9.10. The van der Waals surface area contributed by atoms with E-state index in [1.165, 1.54) is 6.21 Å². The fourth-order valence-electron chi connectivity index (χ4n) is 1.94. The van der Waals surface area contributed by atoms with Gasteiger partial charge in [0.05, 0.1) is 6.21 Å². The van der Waals surface area contributed by atoms with Crippen LogP contribution in [0.5, 0.6) is 5.75 Å². The maximum absolute atomic E-state index is 9.72. The topological polar surface area (TPSA) is 56.7 Å². The second kappa shape index (κ2) is 7.38. The van der Waals surface area contributed by atoms with E-state index >= 15 is 0 Å². The third-order valence-electron chi connectivity index (χ3n) is 3.08. The molecule has 0 aromatic heterocycles. The number of benzene rings is 2. The zero-order valence-corrected chi connectivity index (χ0v) is 14.6. The normalized spacial score (nSPS) is 10.7. The number of aryl methyl sites for hydroxylation is 2. The third kappa shape index (κ3) is 4.29. The number of rotatable bonds is 3. The zero-order chi connectivity index (χ0) is 16.1. The average molecular weight is 378 g/mol. The predicted molar refractivity (Wildman–Crippen MR) is 98.7 cm³/mol. The summed E-state index contributed by atoms with van der Waals surface area (Å²) < 4.78 is 0.864. The lowest BCUT2D eigenvalue weighted by atomic mass is 10.1. The van der Waals surface area contributed by atoms with Crippen molar-refractivity contribution in [1.29, 1.82) is 0 Å². The van der Waals surface area contributed by atoms with Crippen LogP contribution in [0.1, 0.15) is 16.7 Å². The Morgan fingerprint density at radius 1 is 1.23 bits per heavy atom. The number of hydrazone groups is 1. The summed E-state index contributed by atoms with van der Waals surface area (Å²) in [6.07, 6.45) is 1.51. The van der Waals surface area contributed by atoms with Gasteiger partial charge >= 0.3 is 0 Å². The minimum Gasteiger partial charge on any atom is -0.507 e. The van der Waals surface area contributed by atoms with Gasteiger partial charge in [0.15, 0.2) is 5.11 Å². The van der Waals surface area contributed by atoms with Crippen LogP contribution in [-0.2, 0) is 0 Å². The van der Waals surface area contributed by atoms with E-state index in [-0.39, 0.29) is 5.75 Å². The highest BCUT2D eigenvalue weighted by Gasteiger charge is 2.03. The molecule has 22 heavy (non-hydrogen) atoms. The summed E-state index contributed by atoms with van der Waals surface area (Å²) in [5.41, 5.74) is 6.53. The standard InChI is InChI=1S/C16H16BrN3OS/c1-10-4-3-5-11(2)15(10)19-16(22)20-18-9-12-8-13(17)6-7-14(12)21/h3-9,21H,1-2H3,(H2,19,20,22)/b18-9+. The number of nitrogens with zero attached hydrogens (tertiary/aromatic N) is 1. The number of aromatic hydroxyl groups is 1. The molecule has 0 unspecified atom stereocenters. The molecule has 0 radical (unpaired) electrons. The van der Waals surface area contributed by atoms with E-state index in [4.69, 9.17) is 12.2 Å². The molecule has 0 aliphatic rings. The Morgan fingerprint density at radius 3 is 2.59 bits per heavy atom. The first-order chi connectivity index (χ1) is 10.5. The van der Waals surface area contributed by atoms with Gasteiger partial charge in [0.1, 0.15) is 5.75 Å². The fourth-order valence-corrected chi connectivity index (χ4v) is 2.48. The second-order valence-electron chi connectivity index (χ2n) is 4.79. The number of hydrogen-bond acceptors (Lipinski definition) is 3. The van der Waals surface area contributed by atoms with Crippen LogP contribution in [0.2, 0.25) is 0 Å². The minimum atomic E-state index is 0.155. The molecule has 0 heterocycles. The van der Waals surface area contributed by atoms with Crippen molar-refractivity contribution in [2.24, 2.45) is 5.10 Å². The van der Waals surface area contributed by atoms with Crippen molar-refractivity contribution in [3.05, 3.63) is 57.6 Å². The first-order valence-electron chi connectivity index (χ1n) is 6.62. The number of anilines is 1. The van der Waals surface area contributed by atoms with Crippen LogP contribution in [0.4, 0.5) is 5.69 Å². The summed E-state index contributed by atoms with van der Waals surface area (Å²) in [5.74, 6) is 0.155. The van der Waals surface area contributed by atoms with Gasteiger partial charge in [-0.05, 0) is 55.4 Å². The zero-order valence-electron chi connectivity index (χ0n) is 12.2. The Morgan fingerprint density at radius 2 is 1.91 bits per heavy atom. The third-order valence-corrected chi connectivity index (χ3v) is 3.77. The number of nitrogens with one attached hydrogen (secondary N) is 2. The molecule has 4 nitrogen and oxygen atoms in total. The smallest absolute Gasteiger partial charge is 0.191 e. The van der Waals surface area contributed by atoms with Crippen LogP contribution in [0, 0.1) is 13.8 Å². The van der Waals surface area contributed by atoms with Gasteiger partial charge in [-0.15, -0.1) is 0 Å². The maximum atomic E-state index is 9.72. The van der Waals surface area contributed by atoms with Crippen molar-refractivity contribution < 1.29 is 5.11 Å². The van der Waals surface area contributed by atoms with E-state index in [9.17, 15) is 5.11 Å². The van der Waals surface area contributed by atoms with Crippen molar-refractivity contribution in [1.82, 2.24) is 5.43 Å². The molecule has 0 amide bonds. The van der Waals surface area contributed by atoms with Crippen LogP contribution in [0.3, 0.4) is 0 Å². The van der Waals surface area contributed by atoms with E-state index in [0.717, 1.165) is 21.3 Å². The Bertz CT molecular complexity index is 711. The summed E-state index contributed by atoms with van der Waals surface area (Å²) in [6.45, 7) is 4.03. The molecule has 2 aromatic carbocycles. The first kappa shape index (κ1) is 16.5. The van der Waals surface area contributed by atoms with E-state index in [1.54, 1.807) is 18.2 Å². The quantitative estimate of drug-likeness (QED) is 0.428. The number of phenolic OH excluding ortho intramolecular Hbond substituents is 1. The SMILES string of the molecule is Cc1cccc(C)c1NC(=S)N/N=C/c1cc(Br)ccc1O. The highest BCUT2D eigenvalue weighted by Crippen LogP contribution is 2.20. The lowest BCUT2D eigenvalue weighted by Crippen LogP contribution is -2.24. The molecule has 3 N–H and O–H groups in total. The molecular weight excluding hydrogens is 362 g/mol. The molecule has 114 valence electrons. The van der Waals surface area contributed by atoms with Crippen LogP contribution in [0.15, 0.2) is 46.0 Å². The van der Waals surface area contributed by atoms with Gasteiger partial charge in [0.2, 0.25) is 0 Å². The molecular formula is C16H16BrN3OS. The largest absolute Gasteiger partial charge is 0.507 e. The van der Waals surface area contributed by atoms with E-state index < -0.39 is 0 Å². The van der Waals surface area contributed by atoms with Gasteiger partial charge in [-0.3, -0.25) is 5.43 Å². The summed E-state index contributed by atoms with van der Waals surface area (Å²) in [7, 11) is 0. The molecule has 0 saturated heterocycles. The van der Waals surface area contributed by atoms with Gasteiger partial charge in [0.25, 0.3) is 0 Å². The Balaban J connectivity index is 2.01. The monoisotopic (exact) mass is 377 g/mol. The fraction of sp³-hybridized carbons (Fsp3) is 0.125. The second-order valence-corrected chi connectivity index (χ2v) is 6.12. The number of halogens is 1. The maximum Gasteiger partial charge on any atom is 0.191 e. The van der Waals surface area contributed by atoms with E-state index in [2.05, 4.69) is 31.8 Å². The highest BCUT2D eigenvalue weighted by atomic mass is 79.9. The Labute approximate surface area is 143 Å².